The number of aromatic amines is 3. The number of H-pyrrole nitrogens is 3. The first-order chi connectivity index (χ1) is 37.3. The number of benzene rings is 3. The number of nitrogen functional groups attached to an aromatic ring is 3. The second kappa shape index (κ2) is 21.4. The summed E-state index contributed by atoms with van der Waals surface area (Å²) in [7, 11) is 0. The molecule has 402 valence electrons. The SMILES string of the molecule is CC(C)c1[nH]ccc1-c1cc(N)c2cnc(NC(=O)[C@@H]3C[C@@H]3F)cc2c1.CC(C)c1[nH]ccc1-c1cc(N)c2cnc(NC(=O)[C@@H]3C[C@@H]3F)cc2c1.CC(C)c1[nH]ccc1-c1cc(N)c2cnc(NC(=O)[C@@H]3C[C@H]3F)cc2c1. The topological polar surface area (TPSA) is 251 Å². The summed E-state index contributed by atoms with van der Waals surface area (Å²) in [5.41, 5.74) is 30.4. The van der Waals surface area contributed by atoms with Gasteiger partial charge in [-0.3, -0.25) is 14.4 Å². The van der Waals surface area contributed by atoms with Crippen molar-refractivity contribution in [3.8, 4) is 33.4 Å². The number of anilines is 6. The Balaban J connectivity index is 0.000000132. The summed E-state index contributed by atoms with van der Waals surface area (Å²) in [6.45, 7) is 12.8. The van der Waals surface area contributed by atoms with Crippen molar-refractivity contribution in [2.75, 3.05) is 33.2 Å². The zero-order valence-corrected chi connectivity index (χ0v) is 44.1. The first kappa shape index (κ1) is 52.8. The monoisotopic (exact) mass is 1060 g/mol. The fourth-order valence-corrected chi connectivity index (χ4v) is 9.83. The largest absolute Gasteiger partial charge is 0.398 e. The molecule has 12 N–H and O–H groups in total. The molecule has 3 aliphatic carbocycles. The molecule has 3 aliphatic rings. The van der Waals surface area contributed by atoms with E-state index in [1.54, 1.807) is 36.8 Å². The number of hydrogen-bond donors (Lipinski definition) is 9. The van der Waals surface area contributed by atoms with E-state index in [0.29, 0.717) is 71.5 Å². The number of aromatic nitrogens is 6. The quantitative estimate of drug-likeness (QED) is 0.0527. The molecule has 0 bridgehead atoms. The maximum atomic E-state index is 13.0. The summed E-state index contributed by atoms with van der Waals surface area (Å²) in [5.74, 6) is -0.274. The van der Waals surface area contributed by atoms with Crippen LogP contribution >= 0.6 is 0 Å². The maximum Gasteiger partial charge on any atom is 0.231 e. The number of fused-ring (bicyclic) bond motifs is 3. The molecule has 0 saturated heterocycles. The lowest BCUT2D eigenvalue weighted by Crippen LogP contribution is -2.15. The first-order valence-corrected chi connectivity index (χ1v) is 26.3. The number of nitrogens with one attached hydrogen (secondary N) is 6. The van der Waals surface area contributed by atoms with Gasteiger partial charge in [-0.05, 0) is 143 Å². The molecule has 0 radical (unpaired) electrons. The third-order valence-electron chi connectivity index (χ3n) is 14.5. The molecule has 3 aromatic carbocycles. The lowest BCUT2D eigenvalue weighted by Gasteiger charge is -2.11. The van der Waals surface area contributed by atoms with Crippen LogP contribution in [0.4, 0.5) is 47.7 Å². The Bertz CT molecular complexity index is 3370. The Morgan fingerprint density at radius 2 is 0.718 bits per heavy atom. The van der Waals surface area contributed by atoms with Crippen molar-refractivity contribution < 1.29 is 27.6 Å². The minimum atomic E-state index is -1.03. The Morgan fingerprint density at radius 3 is 0.949 bits per heavy atom. The van der Waals surface area contributed by atoms with Crippen LogP contribution in [0.5, 0.6) is 0 Å². The second-order valence-corrected chi connectivity index (χ2v) is 21.5. The van der Waals surface area contributed by atoms with Crippen molar-refractivity contribution in [1.29, 1.82) is 0 Å². The van der Waals surface area contributed by atoms with Crippen molar-refractivity contribution in [3.05, 3.63) is 127 Å². The molecule has 12 rings (SSSR count). The summed E-state index contributed by atoms with van der Waals surface area (Å²) in [5, 5.41) is 13.2. The zero-order chi connectivity index (χ0) is 55.3. The Morgan fingerprint density at radius 1 is 0.462 bits per heavy atom. The van der Waals surface area contributed by atoms with Crippen molar-refractivity contribution in [3.63, 3.8) is 0 Å². The van der Waals surface area contributed by atoms with Crippen LogP contribution in [-0.2, 0) is 14.4 Å². The molecule has 0 unspecified atom stereocenters. The molecule has 6 aromatic heterocycles. The molecule has 0 aliphatic heterocycles. The summed E-state index contributed by atoms with van der Waals surface area (Å²) < 4.78 is 39.1. The number of alkyl halides is 3. The molecule has 3 saturated carbocycles. The van der Waals surface area contributed by atoms with Crippen molar-refractivity contribution in [2.24, 2.45) is 17.8 Å². The smallest absolute Gasteiger partial charge is 0.231 e. The van der Waals surface area contributed by atoms with Gasteiger partial charge in [0, 0.05) is 104 Å². The number of carbonyl (C=O) groups excluding carboxylic acids is 3. The number of rotatable bonds is 12. The van der Waals surface area contributed by atoms with Crippen LogP contribution in [0, 0.1) is 17.8 Å². The highest BCUT2D eigenvalue weighted by Crippen LogP contribution is 2.40. The highest BCUT2D eigenvalue weighted by atomic mass is 19.1. The van der Waals surface area contributed by atoms with E-state index in [2.05, 4.69) is 87.4 Å². The van der Waals surface area contributed by atoms with E-state index < -0.39 is 36.3 Å². The van der Waals surface area contributed by atoms with Crippen molar-refractivity contribution in [2.45, 2.75) is 97.1 Å². The number of hydrogen-bond acceptors (Lipinski definition) is 9. The Hall–Kier alpha value is -8.67. The van der Waals surface area contributed by atoms with E-state index in [1.807, 2.05) is 73.2 Å². The van der Waals surface area contributed by atoms with Crippen LogP contribution in [0.15, 0.2) is 110 Å². The maximum absolute atomic E-state index is 13.0. The first-order valence-electron chi connectivity index (χ1n) is 26.3. The number of pyridine rings is 3. The van der Waals surface area contributed by atoms with Gasteiger partial charge in [0.25, 0.3) is 0 Å². The molecule has 15 nitrogen and oxygen atoms in total. The number of carbonyl (C=O) groups is 3. The van der Waals surface area contributed by atoms with Gasteiger partial charge in [0.1, 0.15) is 36.0 Å². The number of nitrogens with zero attached hydrogens (tertiary/aromatic N) is 3. The third-order valence-corrected chi connectivity index (χ3v) is 14.5. The molecule has 18 heteroatoms. The molecule has 3 fully saturated rings. The number of amides is 3. The van der Waals surface area contributed by atoms with Crippen molar-refractivity contribution >= 4 is 84.6 Å². The van der Waals surface area contributed by atoms with Gasteiger partial charge in [-0.2, -0.15) is 0 Å². The second-order valence-electron chi connectivity index (χ2n) is 21.5. The van der Waals surface area contributed by atoms with E-state index in [9.17, 15) is 27.6 Å². The standard InChI is InChI=1S/3C20H21FN4O/c3*1-10(2)19-13(3-4-23-19)11-5-12-7-18(24-9-15(12)17(22)6-11)25-20(26)14-8-16(14)21/h3*3-7,9-10,14,16,23H,8,22H2,1-2H3,(H,24,25,26)/t2*14-,16+;14-,16-/m111/s1. The molecule has 9 aromatic rings. The molecule has 3 amide bonds. The number of halogens is 3. The molecule has 6 atom stereocenters. The summed E-state index contributed by atoms with van der Waals surface area (Å²) >= 11 is 0. The van der Waals surface area contributed by atoms with Crippen LogP contribution in [-0.4, -0.2) is 66.1 Å². The predicted molar refractivity (Wildman–Crippen MR) is 305 cm³/mol. The van der Waals surface area contributed by atoms with Crippen LogP contribution in [0.3, 0.4) is 0 Å². The highest BCUT2D eigenvalue weighted by molar-refractivity contribution is 6.03. The van der Waals surface area contributed by atoms with E-state index in [4.69, 9.17) is 17.2 Å². The van der Waals surface area contributed by atoms with Crippen LogP contribution < -0.4 is 33.2 Å². The molecular weight excluding hydrogens is 994 g/mol. The van der Waals surface area contributed by atoms with Gasteiger partial charge in [-0.15, -0.1) is 0 Å². The van der Waals surface area contributed by atoms with Gasteiger partial charge in [-0.1, -0.05) is 41.5 Å². The highest BCUT2D eigenvalue weighted by Gasteiger charge is 2.45. The third kappa shape index (κ3) is 11.2. The van der Waals surface area contributed by atoms with E-state index in [1.165, 1.54) is 0 Å². The predicted octanol–water partition coefficient (Wildman–Crippen LogP) is 12.7. The Kier molecular flexibility index (Phi) is 14.5. The molecule has 78 heavy (non-hydrogen) atoms. The van der Waals surface area contributed by atoms with Crippen molar-refractivity contribution in [1.82, 2.24) is 29.9 Å². The average molecular weight is 1060 g/mol. The molecule has 0 spiro atoms. The van der Waals surface area contributed by atoms with Gasteiger partial charge >= 0.3 is 0 Å². The molecular formula is C60H63F3N12O3. The summed E-state index contributed by atoms with van der Waals surface area (Å²) in [6.07, 6.45) is 8.50. The van der Waals surface area contributed by atoms with E-state index in [-0.39, 0.29) is 17.7 Å². The Labute approximate surface area is 448 Å². The number of nitrogens with two attached hydrogens (primary N) is 3. The minimum Gasteiger partial charge on any atom is -0.398 e. The van der Waals surface area contributed by atoms with Gasteiger partial charge < -0.3 is 48.1 Å². The van der Waals surface area contributed by atoms with Crippen LogP contribution in [0.1, 0.15) is 95.6 Å². The van der Waals surface area contributed by atoms with E-state index >= 15 is 0 Å². The van der Waals surface area contributed by atoms with Gasteiger partial charge in [0.05, 0.1) is 17.8 Å². The fourth-order valence-electron chi connectivity index (χ4n) is 9.83. The lowest BCUT2D eigenvalue weighted by molar-refractivity contribution is -0.118. The fraction of sp³-hybridized carbons (Fsp3) is 0.300. The zero-order valence-electron chi connectivity index (χ0n) is 44.1. The lowest BCUT2D eigenvalue weighted by atomic mass is 9.97. The van der Waals surface area contributed by atoms with Gasteiger partial charge in [0.15, 0.2) is 0 Å². The van der Waals surface area contributed by atoms with Crippen LogP contribution in [0.25, 0.3) is 65.7 Å². The van der Waals surface area contributed by atoms with E-state index in [0.717, 1.165) is 82.8 Å². The van der Waals surface area contributed by atoms with Gasteiger partial charge in [-0.25, -0.2) is 28.1 Å². The van der Waals surface area contributed by atoms with Gasteiger partial charge in [0.2, 0.25) is 17.7 Å². The summed E-state index contributed by atoms with van der Waals surface area (Å²) in [4.78, 5) is 58.4. The van der Waals surface area contributed by atoms with Crippen LogP contribution in [0.2, 0.25) is 0 Å². The average Bonchev–Trinajstić information content (AvgIpc) is 4.34. The minimum absolute atomic E-state index is 0.294. The normalized spacial score (nSPS) is 19.1. The summed E-state index contributed by atoms with van der Waals surface area (Å²) in [6, 6.07) is 23.4. The molecule has 6 heterocycles.